The van der Waals surface area contributed by atoms with E-state index in [-0.39, 0.29) is 61.6 Å². The Morgan fingerprint density at radius 3 is 2.57 bits per heavy atom. The summed E-state index contributed by atoms with van der Waals surface area (Å²) < 4.78 is 73.5. The number of nitrogens with one attached hydrogen (secondary N) is 1. The molecule has 13 heteroatoms. The number of alkyl halides is 5. The minimum Gasteiger partial charge on any atom is -0.375 e. The number of rotatable bonds is 2. The molecule has 6 heterocycles. The fourth-order valence-corrected chi connectivity index (χ4v) is 6.20. The number of hydrogen-bond acceptors (Lipinski definition) is 4. The molecule has 218 valence electrons. The number of carbonyl (C=O) groups is 2. The summed E-state index contributed by atoms with van der Waals surface area (Å²) in [6.07, 6.45) is -0.493. The van der Waals surface area contributed by atoms with Crippen LogP contribution >= 0.6 is 0 Å². The Bertz CT molecular complexity index is 1790. The third-order valence-corrected chi connectivity index (χ3v) is 8.28. The molecule has 1 fully saturated rings. The Labute approximate surface area is 236 Å². The van der Waals surface area contributed by atoms with E-state index in [0.717, 1.165) is 12.1 Å². The van der Waals surface area contributed by atoms with Gasteiger partial charge in [0.25, 0.3) is 5.92 Å². The van der Waals surface area contributed by atoms with E-state index in [1.54, 1.807) is 27.6 Å². The zero-order valence-electron chi connectivity index (χ0n) is 22.2. The van der Waals surface area contributed by atoms with Crippen LogP contribution in [-0.2, 0) is 24.1 Å². The molecule has 1 N–H and O–H groups in total. The average Bonchev–Trinajstić information content (AvgIpc) is 3.60. The number of aromatic nitrogens is 3. The number of Topliss-reactive ketones (excluding diaryl/α,β-unsaturated/α-hetero) is 1. The second kappa shape index (κ2) is 9.30. The maximum Gasteiger partial charge on any atom is 0.416 e. The van der Waals surface area contributed by atoms with Gasteiger partial charge in [-0.25, -0.2) is 18.6 Å². The number of amides is 2. The van der Waals surface area contributed by atoms with Gasteiger partial charge in [0.1, 0.15) is 5.65 Å². The van der Waals surface area contributed by atoms with Crippen molar-refractivity contribution in [1.29, 1.82) is 0 Å². The predicted molar refractivity (Wildman–Crippen MR) is 144 cm³/mol. The molecule has 0 radical (unpaired) electrons. The van der Waals surface area contributed by atoms with Crippen LogP contribution in [0.25, 0.3) is 27.8 Å². The van der Waals surface area contributed by atoms with Gasteiger partial charge in [0.05, 0.1) is 40.8 Å². The first-order valence-electron chi connectivity index (χ1n) is 13.6. The Hall–Kier alpha value is -4.42. The van der Waals surface area contributed by atoms with E-state index in [4.69, 9.17) is 0 Å². The van der Waals surface area contributed by atoms with Crippen molar-refractivity contribution in [3.8, 4) is 0 Å². The van der Waals surface area contributed by atoms with Crippen LogP contribution in [0.3, 0.4) is 0 Å². The lowest BCUT2D eigenvalue weighted by Crippen LogP contribution is -2.49. The van der Waals surface area contributed by atoms with E-state index in [0.29, 0.717) is 28.1 Å². The Balaban J connectivity index is 1.35. The van der Waals surface area contributed by atoms with Crippen LogP contribution in [0, 0.1) is 0 Å². The number of ketones is 1. The molecule has 3 aromatic heterocycles. The molecule has 4 aromatic rings. The molecule has 42 heavy (non-hydrogen) atoms. The highest BCUT2D eigenvalue weighted by molar-refractivity contribution is 6.33. The number of likely N-dealkylation sites (tertiary alicyclic amines) is 1. The first kappa shape index (κ1) is 26.5. The van der Waals surface area contributed by atoms with E-state index in [1.165, 1.54) is 9.80 Å². The zero-order valence-corrected chi connectivity index (χ0v) is 22.2. The monoisotopic (exact) mass is 584 g/mol. The number of pyridine rings is 1. The fourth-order valence-electron chi connectivity index (χ4n) is 6.20. The molecule has 3 aliphatic rings. The second-order valence-corrected chi connectivity index (χ2v) is 10.9. The van der Waals surface area contributed by atoms with Crippen LogP contribution < -0.4 is 5.32 Å². The topological polar surface area (TPSA) is 74.9 Å². The number of imidazole rings is 1. The Morgan fingerprint density at radius 2 is 1.81 bits per heavy atom. The highest BCUT2D eigenvalue weighted by Gasteiger charge is 2.39. The summed E-state index contributed by atoms with van der Waals surface area (Å²) in [5, 5.41) is 3.37. The molecule has 0 bridgehead atoms. The molecule has 1 saturated heterocycles. The van der Waals surface area contributed by atoms with Crippen molar-refractivity contribution in [3.63, 3.8) is 0 Å². The summed E-state index contributed by atoms with van der Waals surface area (Å²) in [5.41, 5.74) is 2.26. The van der Waals surface area contributed by atoms with Gasteiger partial charge in [-0.2, -0.15) is 13.2 Å². The van der Waals surface area contributed by atoms with Crippen molar-refractivity contribution in [2.24, 2.45) is 0 Å². The van der Waals surface area contributed by atoms with Crippen molar-refractivity contribution in [1.82, 2.24) is 29.1 Å². The summed E-state index contributed by atoms with van der Waals surface area (Å²) in [5.74, 6) is -3.09. The minimum atomic E-state index is -4.68. The average molecular weight is 585 g/mol. The van der Waals surface area contributed by atoms with Crippen LogP contribution in [0.15, 0.2) is 48.9 Å². The highest BCUT2D eigenvalue weighted by atomic mass is 19.4. The minimum absolute atomic E-state index is 0.0135. The number of urea groups is 1. The van der Waals surface area contributed by atoms with Crippen molar-refractivity contribution in [2.45, 2.75) is 38.0 Å². The number of piperidine rings is 1. The number of hydrogen-bond donors (Lipinski definition) is 1. The quantitative estimate of drug-likeness (QED) is 0.336. The van der Waals surface area contributed by atoms with Crippen molar-refractivity contribution in [2.75, 3.05) is 26.2 Å². The van der Waals surface area contributed by atoms with Gasteiger partial charge < -0.3 is 19.7 Å². The van der Waals surface area contributed by atoms with Gasteiger partial charge in [-0.3, -0.25) is 9.20 Å². The molecule has 1 aromatic carbocycles. The standard InChI is InChI=1S/C29H25F5N6O2/c30-28(31)4-7-37(8-5-28)27(42)39-10-9-38-16-20(19-12-18(29(32,33)34)11-17(15-39)26(19)38)24-22(41)14-36-25(24)21-13-35-23-3-1-2-6-40(21)23/h1-3,6,11-13,16,36H,4-5,7-10,14-15H2. The smallest absolute Gasteiger partial charge is 0.375 e. The summed E-state index contributed by atoms with van der Waals surface area (Å²) in [6, 6.07) is 7.07. The predicted octanol–water partition coefficient (Wildman–Crippen LogP) is 5.02. The van der Waals surface area contributed by atoms with Crippen LogP contribution in [0.2, 0.25) is 0 Å². The van der Waals surface area contributed by atoms with Crippen molar-refractivity contribution >= 4 is 39.6 Å². The fraction of sp³-hybridized carbons (Fsp3) is 0.345. The third kappa shape index (κ3) is 4.29. The molecule has 7 rings (SSSR count). The lowest BCUT2D eigenvalue weighted by molar-refractivity contribution is -0.137. The van der Waals surface area contributed by atoms with Crippen molar-refractivity contribution in [3.05, 3.63) is 71.3 Å². The number of fused-ring (bicyclic) bond motifs is 1. The van der Waals surface area contributed by atoms with Gasteiger partial charge in [0.15, 0.2) is 5.78 Å². The largest absolute Gasteiger partial charge is 0.416 e. The number of nitrogens with zero attached hydrogens (tertiary/aromatic N) is 5. The van der Waals surface area contributed by atoms with E-state index >= 15 is 0 Å². The first-order chi connectivity index (χ1) is 20.0. The van der Waals surface area contributed by atoms with Crippen LogP contribution in [-0.4, -0.2) is 67.7 Å². The number of carbonyl (C=O) groups excluding carboxylic acids is 2. The molecular weight excluding hydrogens is 559 g/mol. The van der Waals surface area contributed by atoms with Crippen LogP contribution in [0.5, 0.6) is 0 Å². The molecule has 0 atom stereocenters. The molecule has 8 nitrogen and oxygen atoms in total. The van der Waals surface area contributed by atoms with Crippen LogP contribution in [0.1, 0.15) is 35.2 Å². The molecule has 0 saturated carbocycles. The van der Waals surface area contributed by atoms with Gasteiger partial charge in [0, 0.05) is 68.9 Å². The molecule has 0 aliphatic carbocycles. The van der Waals surface area contributed by atoms with Crippen LogP contribution in [0.4, 0.5) is 26.7 Å². The van der Waals surface area contributed by atoms with Gasteiger partial charge >= 0.3 is 12.2 Å². The molecule has 2 amide bonds. The Morgan fingerprint density at radius 1 is 1.02 bits per heavy atom. The lowest BCUT2D eigenvalue weighted by atomic mass is 9.97. The number of benzene rings is 1. The van der Waals surface area contributed by atoms with Gasteiger partial charge in [0.2, 0.25) is 0 Å². The highest BCUT2D eigenvalue weighted by Crippen LogP contribution is 2.41. The molecular formula is C29H25F5N6O2. The van der Waals surface area contributed by atoms with Gasteiger partial charge in [-0.1, -0.05) is 6.07 Å². The Kier molecular flexibility index (Phi) is 5.86. The summed E-state index contributed by atoms with van der Waals surface area (Å²) in [6.45, 7) is 0.0420. The maximum atomic E-state index is 14.2. The normalized spacial score (nSPS) is 19.1. The summed E-state index contributed by atoms with van der Waals surface area (Å²) >= 11 is 0. The molecule has 3 aliphatic heterocycles. The molecule has 0 unspecified atom stereocenters. The van der Waals surface area contributed by atoms with E-state index in [2.05, 4.69) is 10.3 Å². The SMILES string of the molecule is O=C1CNC(c2cnc3ccccn23)=C1c1cn2c3c(cc(C(F)(F)F)cc13)CN(C(=O)N1CCC(F)(F)CC1)CC2. The van der Waals surface area contributed by atoms with Crippen molar-refractivity contribution < 1.29 is 31.5 Å². The van der Waals surface area contributed by atoms with E-state index in [1.807, 2.05) is 18.2 Å². The first-order valence-corrected chi connectivity index (χ1v) is 13.6. The summed E-state index contributed by atoms with van der Waals surface area (Å²) in [7, 11) is 0. The lowest BCUT2D eigenvalue weighted by Gasteiger charge is -2.35. The van der Waals surface area contributed by atoms with Gasteiger partial charge in [-0.05, 0) is 29.8 Å². The zero-order chi connectivity index (χ0) is 29.4. The molecule has 0 spiro atoms. The number of halogens is 5. The maximum absolute atomic E-state index is 14.2. The third-order valence-electron chi connectivity index (χ3n) is 8.28. The second-order valence-electron chi connectivity index (χ2n) is 10.9. The van der Waals surface area contributed by atoms with E-state index < -0.39 is 36.5 Å². The summed E-state index contributed by atoms with van der Waals surface area (Å²) in [4.78, 5) is 33.7. The van der Waals surface area contributed by atoms with E-state index in [9.17, 15) is 31.5 Å². The van der Waals surface area contributed by atoms with Gasteiger partial charge in [-0.15, -0.1) is 0 Å².